The number of anilines is 1. The van der Waals surface area contributed by atoms with E-state index in [4.69, 9.17) is 0 Å². The van der Waals surface area contributed by atoms with E-state index < -0.39 is 0 Å². The molecule has 1 saturated carbocycles. The molecule has 2 aromatic rings. The largest absolute Gasteiger partial charge is 0.353 e. The van der Waals surface area contributed by atoms with Crippen molar-refractivity contribution in [2.45, 2.75) is 64.7 Å². The number of carbonyl (C=O) groups excluding carboxylic acids is 1. The first-order chi connectivity index (χ1) is 13.7. The van der Waals surface area contributed by atoms with Crippen LogP contribution in [-0.4, -0.2) is 56.6 Å². The Labute approximate surface area is 167 Å². The van der Waals surface area contributed by atoms with Crippen LogP contribution in [0, 0.1) is 5.92 Å². The molecule has 28 heavy (non-hydrogen) atoms. The Morgan fingerprint density at radius 3 is 2.68 bits per heavy atom. The summed E-state index contributed by atoms with van der Waals surface area (Å²) in [5.74, 6) is 2.80. The van der Waals surface area contributed by atoms with Crippen LogP contribution < -0.4 is 4.90 Å². The van der Waals surface area contributed by atoms with Gasteiger partial charge >= 0.3 is 0 Å². The van der Waals surface area contributed by atoms with Crippen LogP contribution in [0.5, 0.6) is 0 Å². The summed E-state index contributed by atoms with van der Waals surface area (Å²) in [6, 6.07) is 2.13. The van der Waals surface area contributed by atoms with Gasteiger partial charge in [-0.25, -0.2) is 4.98 Å². The lowest BCUT2D eigenvalue weighted by molar-refractivity contribution is -0.131. The monoisotopic (exact) mass is 384 g/mol. The number of nitrogens with zero attached hydrogens (tertiary/aromatic N) is 6. The molecule has 0 atom stereocenters. The Hall–Kier alpha value is -2.18. The SMILES string of the molecule is CCCc1cc(N2CCN(C(=O)CCC3CCCCC3)CC2)n2ncnc2n1. The molecule has 2 aliphatic rings. The highest BCUT2D eigenvalue weighted by atomic mass is 16.2. The fraction of sp³-hybridized carbons (Fsp3) is 0.714. The fourth-order valence-electron chi connectivity index (χ4n) is 4.60. The lowest BCUT2D eigenvalue weighted by Crippen LogP contribution is -2.49. The lowest BCUT2D eigenvalue weighted by atomic mass is 9.86. The molecule has 2 fully saturated rings. The molecule has 1 aliphatic heterocycles. The summed E-state index contributed by atoms with van der Waals surface area (Å²) in [6.07, 6.45) is 12.1. The Morgan fingerprint density at radius 1 is 1.14 bits per heavy atom. The van der Waals surface area contributed by atoms with Crippen molar-refractivity contribution in [1.82, 2.24) is 24.5 Å². The summed E-state index contributed by atoms with van der Waals surface area (Å²) in [6.45, 7) is 5.39. The van der Waals surface area contributed by atoms with Gasteiger partial charge in [0.05, 0.1) is 0 Å². The van der Waals surface area contributed by atoms with E-state index in [1.807, 2.05) is 9.42 Å². The van der Waals surface area contributed by atoms with Crippen molar-refractivity contribution in [3.63, 3.8) is 0 Å². The highest BCUT2D eigenvalue weighted by Crippen LogP contribution is 2.27. The minimum atomic E-state index is 0.331. The van der Waals surface area contributed by atoms with E-state index in [0.29, 0.717) is 18.1 Å². The standard InChI is InChI=1S/C21H32N6O/c1-2-6-18-15-19(27-21(24-18)22-16-23-27)25-11-13-26(14-12-25)20(28)10-9-17-7-4-3-5-8-17/h15-17H,2-14H2,1H3. The lowest BCUT2D eigenvalue weighted by Gasteiger charge is -2.36. The van der Waals surface area contributed by atoms with Crippen LogP contribution in [0.1, 0.15) is 64.0 Å². The van der Waals surface area contributed by atoms with E-state index in [-0.39, 0.29) is 0 Å². The first-order valence-electron chi connectivity index (χ1n) is 11.0. The molecule has 0 N–H and O–H groups in total. The summed E-state index contributed by atoms with van der Waals surface area (Å²) >= 11 is 0. The van der Waals surface area contributed by atoms with Crippen LogP contribution in [0.25, 0.3) is 5.78 Å². The van der Waals surface area contributed by atoms with Gasteiger partial charge in [0, 0.05) is 44.4 Å². The Morgan fingerprint density at radius 2 is 1.93 bits per heavy atom. The summed E-state index contributed by atoms with van der Waals surface area (Å²) in [4.78, 5) is 25.9. The number of hydrogen-bond donors (Lipinski definition) is 0. The third-order valence-electron chi connectivity index (χ3n) is 6.24. The maximum absolute atomic E-state index is 12.7. The Kier molecular flexibility index (Phi) is 6.07. The molecule has 3 heterocycles. The molecule has 1 aliphatic carbocycles. The predicted octanol–water partition coefficient (Wildman–Crippen LogP) is 3.09. The summed E-state index contributed by atoms with van der Waals surface area (Å²) < 4.78 is 1.82. The van der Waals surface area contributed by atoms with Crippen molar-refractivity contribution in [2.75, 3.05) is 31.1 Å². The predicted molar refractivity (Wildman–Crippen MR) is 109 cm³/mol. The molecule has 0 spiro atoms. The van der Waals surface area contributed by atoms with Crippen molar-refractivity contribution >= 4 is 17.5 Å². The van der Waals surface area contributed by atoms with Gasteiger partial charge in [-0.05, 0) is 18.8 Å². The molecule has 4 rings (SSSR count). The zero-order valence-corrected chi connectivity index (χ0v) is 17.0. The van der Waals surface area contributed by atoms with E-state index >= 15 is 0 Å². The van der Waals surface area contributed by atoms with E-state index in [9.17, 15) is 4.79 Å². The molecule has 0 bridgehead atoms. The third kappa shape index (κ3) is 4.28. The van der Waals surface area contributed by atoms with Crippen molar-refractivity contribution in [2.24, 2.45) is 5.92 Å². The number of fused-ring (bicyclic) bond motifs is 1. The third-order valence-corrected chi connectivity index (χ3v) is 6.24. The van der Waals surface area contributed by atoms with E-state index in [1.54, 1.807) is 6.33 Å². The molecule has 152 valence electrons. The molecular formula is C21H32N6O. The summed E-state index contributed by atoms with van der Waals surface area (Å²) in [5.41, 5.74) is 1.06. The molecule has 0 aromatic carbocycles. The minimum absolute atomic E-state index is 0.331. The van der Waals surface area contributed by atoms with Crippen LogP contribution in [-0.2, 0) is 11.2 Å². The molecule has 7 heteroatoms. The first-order valence-corrected chi connectivity index (χ1v) is 11.0. The number of aromatic nitrogens is 4. The normalized spacial score (nSPS) is 18.8. The molecule has 2 aromatic heterocycles. The fourth-order valence-corrected chi connectivity index (χ4v) is 4.60. The topological polar surface area (TPSA) is 66.6 Å². The number of amides is 1. The average Bonchev–Trinajstić information content (AvgIpc) is 3.21. The number of carbonyl (C=O) groups is 1. The second-order valence-corrected chi connectivity index (χ2v) is 8.24. The molecule has 0 radical (unpaired) electrons. The molecule has 1 saturated heterocycles. The smallest absolute Gasteiger partial charge is 0.254 e. The second-order valence-electron chi connectivity index (χ2n) is 8.24. The van der Waals surface area contributed by atoms with Gasteiger partial charge < -0.3 is 9.80 Å². The van der Waals surface area contributed by atoms with Crippen molar-refractivity contribution in [1.29, 1.82) is 0 Å². The van der Waals surface area contributed by atoms with Gasteiger partial charge in [-0.3, -0.25) is 4.79 Å². The van der Waals surface area contributed by atoms with Crippen LogP contribution in [0.4, 0.5) is 5.82 Å². The number of piperazine rings is 1. The molecule has 0 unspecified atom stereocenters. The van der Waals surface area contributed by atoms with Crippen LogP contribution in [0.3, 0.4) is 0 Å². The van der Waals surface area contributed by atoms with Gasteiger partial charge in [-0.2, -0.15) is 14.6 Å². The van der Waals surface area contributed by atoms with E-state index in [2.05, 4.69) is 33.0 Å². The first kappa shape index (κ1) is 19.2. The van der Waals surface area contributed by atoms with Crippen LogP contribution in [0.15, 0.2) is 12.4 Å². The van der Waals surface area contributed by atoms with Crippen LogP contribution >= 0.6 is 0 Å². The van der Waals surface area contributed by atoms with Crippen LogP contribution in [0.2, 0.25) is 0 Å². The molecular weight excluding hydrogens is 352 g/mol. The van der Waals surface area contributed by atoms with E-state index in [0.717, 1.165) is 62.9 Å². The average molecular weight is 385 g/mol. The summed E-state index contributed by atoms with van der Waals surface area (Å²) in [5, 5.41) is 4.35. The van der Waals surface area contributed by atoms with E-state index in [1.165, 1.54) is 32.1 Å². The van der Waals surface area contributed by atoms with Gasteiger partial charge in [-0.1, -0.05) is 45.4 Å². The molecule has 1 amide bonds. The quantitative estimate of drug-likeness (QED) is 0.766. The maximum Gasteiger partial charge on any atom is 0.254 e. The maximum atomic E-state index is 12.7. The van der Waals surface area contributed by atoms with Gasteiger partial charge in [0.15, 0.2) is 0 Å². The van der Waals surface area contributed by atoms with Crippen molar-refractivity contribution < 1.29 is 4.79 Å². The number of aryl methyl sites for hydroxylation is 1. The van der Waals surface area contributed by atoms with Gasteiger partial charge in [0.1, 0.15) is 12.1 Å². The molecule has 7 nitrogen and oxygen atoms in total. The van der Waals surface area contributed by atoms with Crippen molar-refractivity contribution in [3.05, 3.63) is 18.1 Å². The van der Waals surface area contributed by atoms with Gasteiger partial charge in [-0.15, -0.1) is 0 Å². The second kappa shape index (κ2) is 8.88. The summed E-state index contributed by atoms with van der Waals surface area (Å²) in [7, 11) is 0. The zero-order chi connectivity index (χ0) is 19.3. The van der Waals surface area contributed by atoms with Gasteiger partial charge in [0.25, 0.3) is 5.78 Å². The minimum Gasteiger partial charge on any atom is -0.353 e. The number of rotatable bonds is 6. The zero-order valence-electron chi connectivity index (χ0n) is 17.0. The van der Waals surface area contributed by atoms with Crippen molar-refractivity contribution in [3.8, 4) is 0 Å². The Balaban J connectivity index is 1.35. The highest BCUT2D eigenvalue weighted by Gasteiger charge is 2.24. The number of hydrogen-bond acceptors (Lipinski definition) is 5. The van der Waals surface area contributed by atoms with Gasteiger partial charge in [0.2, 0.25) is 5.91 Å². The Bertz CT molecular complexity index is 789. The highest BCUT2D eigenvalue weighted by molar-refractivity contribution is 5.76.